The summed E-state index contributed by atoms with van der Waals surface area (Å²) >= 11 is 8.29. The molecule has 0 aliphatic carbocycles. The number of carbonyl (C=O) groups is 1. The quantitative estimate of drug-likeness (QED) is 0.652. The van der Waals surface area contributed by atoms with E-state index in [9.17, 15) is 13.2 Å². The van der Waals surface area contributed by atoms with Crippen LogP contribution in [-0.4, -0.2) is 65.0 Å². The number of amides is 1. The zero-order valence-electron chi connectivity index (χ0n) is 14.2. The monoisotopic (exact) mass is 434 g/mol. The summed E-state index contributed by atoms with van der Waals surface area (Å²) in [6.45, 7) is 4.18. The van der Waals surface area contributed by atoms with Gasteiger partial charge in [-0.1, -0.05) is 23.4 Å². The summed E-state index contributed by atoms with van der Waals surface area (Å²) in [5, 5.41) is 0.816. The van der Waals surface area contributed by atoms with Crippen LogP contribution in [0.2, 0.25) is 4.34 Å². The Bertz CT molecular complexity index is 872. The van der Waals surface area contributed by atoms with Gasteiger partial charge in [-0.2, -0.15) is 4.31 Å². The largest absolute Gasteiger partial charge is 0.339 e. The third-order valence-electron chi connectivity index (χ3n) is 4.08. The Kier molecular flexibility index (Phi) is 6.29. The molecular formula is C15H19ClN4O3S3. The third kappa shape index (κ3) is 4.25. The minimum Gasteiger partial charge on any atom is -0.339 e. The smallest absolute Gasteiger partial charge is 0.252 e. The summed E-state index contributed by atoms with van der Waals surface area (Å²) in [5.74, 6) is 0.293. The number of hydrogen-bond acceptors (Lipinski definition) is 6. The molecule has 1 aliphatic heterocycles. The first-order valence-electron chi connectivity index (χ1n) is 8.09. The maximum atomic E-state index is 12.6. The second kappa shape index (κ2) is 8.30. The standard InChI is InChI=1S/C15H19ClN4O3S3/c1-2-18-6-5-17-15(18)24-11-13(21)19-7-9-20(10-8-19)26(22,23)14-4-3-12(16)25-14/h3-6H,2,7-11H2,1H3. The molecule has 0 radical (unpaired) electrons. The lowest BCUT2D eigenvalue weighted by atomic mass is 10.3. The zero-order valence-corrected chi connectivity index (χ0v) is 17.4. The van der Waals surface area contributed by atoms with E-state index < -0.39 is 10.0 Å². The maximum absolute atomic E-state index is 12.6. The van der Waals surface area contributed by atoms with Gasteiger partial charge in [0.05, 0.1) is 10.1 Å². The molecule has 11 heteroatoms. The number of imidazole rings is 1. The van der Waals surface area contributed by atoms with Crippen LogP contribution in [0, 0.1) is 0 Å². The number of nitrogens with zero attached hydrogens (tertiary/aromatic N) is 4. The summed E-state index contributed by atoms with van der Waals surface area (Å²) in [5.41, 5.74) is 0. The molecule has 3 rings (SSSR count). The Morgan fingerprint density at radius 3 is 2.65 bits per heavy atom. The molecule has 1 aliphatic rings. The van der Waals surface area contributed by atoms with Crippen LogP contribution in [0.15, 0.2) is 33.9 Å². The highest BCUT2D eigenvalue weighted by Crippen LogP contribution is 2.28. The molecule has 2 aromatic rings. The van der Waals surface area contributed by atoms with E-state index in [1.54, 1.807) is 17.2 Å². The number of aryl methyl sites for hydroxylation is 1. The highest BCUT2D eigenvalue weighted by molar-refractivity contribution is 7.99. The molecule has 7 nitrogen and oxygen atoms in total. The van der Waals surface area contributed by atoms with E-state index in [2.05, 4.69) is 4.98 Å². The first-order valence-corrected chi connectivity index (χ1v) is 11.7. The summed E-state index contributed by atoms with van der Waals surface area (Å²) in [7, 11) is -3.54. The molecule has 2 aromatic heterocycles. The van der Waals surface area contributed by atoms with Crippen molar-refractivity contribution in [2.75, 3.05) is 31.9 Å². The number of aromatic nitrogens is 2. The van der Waals surface area contributed by atoms with Crippen molar-refractivity contribution in [2.24, 2.45) is 0 Å². The highest BCUT2D eigenvalue weighted by Gasteiger charge is 2.31. The number of thioether (sulfide) groups is 1. The van der Waals surface area contributed by atoms with Crippen molar-refractivity contribution in [1.82, 2.24) is 18.8 Å². The summed E-state index contributed by atoms with van der Waals surface area (Å²) in [4.78, 5) is 18.4. The molecule has 0 atom stereocenters. The molecule has 0 saturated carbocycles. The van der Waals surface area contributed by atoms with E-state index in [1.165, 1.54) is 22.1 Å². The van der Waals surface area contributed by atoms with Crippen LogP contribution in [0.5, 0.6) is 0 Å². The molecule has 26 heavy (non-hydrogen) atoms. The number of sulfonamides is 1. The Hall–Kier alpha value is -1.07. The highest BCUT2D eigenvalue weighted by atomic mass is 35.5. The van der Waals surface area contributed by atoms with Crippen LogP contribution < -0.4 is 0 Å². The summed E-state index contributed by atoms with van der Waals surface area (Å²) < 4.78 is 29.3. The average molecular weight is 435 g/mol. The molecular weight excluding hydrogens is 416 g/mol. The van der Waals surface area contributed by atoms with Crippen molar-refractivity contribution in [2.45, 2.75) is 22.8 Å². The SMILES string of the molecule is CCn1ccnc1SCC(=O)N1CCN(S(=O)(=O)c2ccc(Cl)s2)CC1. The van der Waals surface area contributed by atoms with Crippen molar-refractivity contribution in [1.29, 1.82) is 0 Å². The van der Waals surface area contributed by atoms with Gasteiger partial charge in [-0.15, -0.1) is 11.3 Å². The molecule has 0 bridgehead atoms. The number of thiophene rings is 1. The molecule has 0 unspecified atom stereocenters. The lowest BCUT2D eigenvalue weighted by Crippen LogP contribution is -2.50. The van der Waals surface area contributed by atoms with E-state index in [4.69, 9.17) is 11.6 Å². The topological polar surface area (TPSA) is 75.5 Å². The first kappa shape index (κ1) is 19.7. The number of carbonyl (C=O) groups excluding carboxylic acids is 1. The summed E-state index contributed by atoms with van der Waals surface area (Å²) in [6.07, 6.45) is 3.60. The van der Waals surface area contributed by atoms with Gasteiger partial charge in [-0.25, -0.2) is 13.4 Å². The molecule has 1 amide bonds. The molecule has 0 aromatic carbocycles. The summed E-state index contributed by atoms with van der Waals surface area (Å²) in [6, 6.07) is 3.10. The minimum absolute atomic E-state index is 0.00290. The van der Waals surface area contributed by atoms with E-state index in [0.717, 1.165) is 23.0 Å². The molecule has 1 saturated heterocycles. The fourth-order valence-corrected chi connectivity index (χ4v) is 6.62. The first-order chi connectivity index (χ1) is 12.4. The Labute approximate surface area is 166 Å². The van der Waals surface area contributed by atoms with Crippen molar-refractivity contribution < 1.29 is 13.2 Å². The predicted octanol–water partition coefficient (Wildman–Crippen LogP) is 2.24. The van der Waals surface area contributed by atoms with Crippen LogP contribution in [0.25, 0.3) is 0 Å². The fourth-order valence-electron chi connectivity index (χ4n) is 2.64. The van der Waals surface area contributed by atoms with Crippen LogP contribution in [0.1, 0.15) is 6.92 Å². The molecule has 0 N–H and O–H groups in total. The predicted molar refractivity (Wildman–Crippen MR) is 103 cm³/mol. The lowest BCUT2D eigenvalue weighted by molar-refractivity contribution is -0.129. The third-order valence-corrected chi connectivity index (χ3v) is 8.66. The number of halogens is 1. The van der Waals surface area contributed by atoms with Gasteiger partial charge in [0.15, 0.2) is 5.16 Å². The van der Waals surface area contributed by atoms with Crippen LogP contribution in [0.3, 0.4) is 0 Å². The molecule has 142 valence electrons. The van der Waals surface area contributed by atoms with Crippen LogP contribution in [0.4, 0.5) is 0 Å². The van der Waals surface area contributed by atoms with Crippen molar-refractivity contribution in [3.63, 3.8) is 0 Å². The van der Waals surface area contributed by atoms with Crippen molar-refractivity contribution in [3.05, 3.63) is 28.9 Å². The zero-order chi connectivity index (χ0) is 18.7. The second-order valence-electron chi connectivity index (χ2n) is 5.63. The van der Waals surface area contributed by atoms with Crippen molar-refractivity contribution in [3.8, 4) is 0 Å². The van der Waals surface area contributed by atoms with Crippen LogP contribution >= 0.6 is 34.7 Å². The number of hydrogen-bond donors (Lipinski definition) is 0. The average Bonchev–Trinajstić information content (AvgIpc) is 3.28. The van der Waals surface area contributed by atoms with E-state index in [1.807, 2.05) is 17.7 Å². The fraction of sp³-hybridized carbons (Fsp3) is 0.467. The van der Waals surface area contributed by atoms with Crippen LogP contribution in [-0.2, 0) is 21.4 Å². The van der Waals surface area contributed by atoms with Gasteiger partial charge in [-0.3, -0.25) is 4.79 Å². The Morgan fingerprint density at radius 1 is 1.31 bits per heavy atom. The minimum atomic E-state index is -3.54. The van der Waals surface area contributed by atoms with Gasteiger partial charge in [0.25, 0.3) is 10.0 Å². The van der Waals surface area contributed by atoms with Gasteiger partial charge < -0.3 is 9.47 Å². The van der Waals surface area contributed by atoms with Gasteiger partial charge in [-0.05, 0) is 19.1 Å². The van der Waals surface area contributed by atoms with Crippen molar-refractivity contribution >= 4 is 50.6 Å². The Morgan fingerprint density at radius 2 is 2.04 bits per heavy atom. The number of piperazine rings is 1. The normalized spacial score (nSPS) is 16.2. The van der Waals surface area contributed by atoms with Gasteiger partial charge in [0, 0.05) is 45.1 Å². The van der Waals surface area contributed by atoms with Gasteiger partial charge in [0.2, 0.25) is 5.91 Å². The van der Waals surface area contributed by atoms with E-state index in [-0.39, 0.29) is 23.2 Å². The molecule has 3 heterocycles. The Balaban J connectivity index is 1.54. The molecule has 1 fully saturated rings. The van der Waals surface area contributed by atoms with E-state index in [0.29, 0.717) is 23.2 Å². The number of rotatable bonds is 6. The van der Waals surface area contributed by atoms with Gasteiger partial charge in [0.1, 0.15) is 4.21 Å². The molecule has 0 spiro atoms. The second-order valence-corrected chi connectivity index (χ2v) is 10.5. The lowest BCUT2D eigenvalue weighted by Gasteiger charge is -2.33. The van der Waals surface area contributed by atoms with E-state index >= 15 is 0 Å². The maximum Gasteiger partial charge on any atom is 0.252 e. The van der Waals surface area contributed by atoms with Gasteiger partial charge >= 0.3 is 0 Å².